The Balaban J connectivity index is 2.11. The predicted octanol–water partition coefficient (Wildman–Crippen LogP) is 2.22. The number of carbonyl (C=O) groups excluding carboxylic acids is 1. The third kappa shape index (κ3) is 5.28. The first kappa shape index (κ1) is 13.2. The van der Waals surface area contributed by atoms with Gasteiger partial charge >= 0.3 is 5.97 Å². The SMILES string of the molecule is CCOC(=O)CCNC(C)Cc1cccs1. The minimum Gasteiger partial charge on any atom is -0.466 e. The molecule has 0 fully saturated rings. The quantitative estimate of drug-likeness (QED) is 0.744. The molecule has 0 spiro atoms. The Bertz CT molecular complexity index is 298. The lowest BCUT2D eigenvalue weighted by atomic mass is 10.2. The van der Waals surface area contributed by atoms with Crippen molar-refractivity contribution < 1.29 is 9.53 Å². The fourth-order valence-electron chi connectivity index (χ4n) is 1.46. The predicted molar refractivity (Wildman–Crippen MR) is 66.7 cm³/mol. The molecule has 1 aromatic rings. The van der Waals surface area contributed by atoms with Crippen LogP contribution in [0, 0.1) is 0 Å². The minimum atomic E-state index is -0.127. The van der Waals surface area contributed by atoms with E-state index in [0.29, 0.717) is 25.6 Å². The van der Waals surface area contributed by atoms with Crippen molar-refractivity contribution in [2.45, 2.75) is 32.7 Å². The van der Waals surface area contributed by atoms with Crippen LogP contribution < -0.4 is 5.32 Å². The average molecular weight is 241 g/mol. The Labute approximate surface area is 101 Å². The largest absolute Gasteiger partial charge is 0.466 e. The third-order valence-electron chi connectivity index (χ3n) is 2.21. The third-order valence-corrected chi connectivity index (χ3v) is 3.11. The van der Waals surface area contributed by atoms with Crippen molar-refractivity contribution in [3.05, 3.63) is 22.4 Å². The molecule has 0 saturated carbocycles. The summed E-state index contributed by atoms with van der Waals surface area (Å²) in [4.78, 5) is 12.5. The zero-order valence-corrected chi connectivity index (χ0v) is 10.7. The van der Waals surface area contributed by atoms with Gasteiger partial charge in [0.25, 0.3) is 0 Å². The molecule has 0 amide bonds. The summed E-state index contributed by atoms with van der Waals surface area (Å²) in [6.45, 7) is 5.10. The van der Waals surface area contributed by atoms with Crippen LogP contribution in [0.2, 0.25) is 0 Å². The Morgan fingerprint density at radius 1 is 1.62 bits per heavy atom. The van der Waals surface area contributed by atoms with Gasteiger partial charge in [-0.25, -0.2) is 0 Å². The summed E-state index contributed by atoms with van der Waals surface area (Å²) in [5, 5.41) is 5.40. The van der Waals surface area contributed by atoms with Crippen molar-refractivity contribution in [3.8, 4) is 0 Å². The first-order valence-electron chi connectivity index (χ1n) is 5.63. The van der Waals surface area contributed by atoms with Crippen LogP contribution in [0.1, 0.15) is 25.1 Å². The summed E-state index contributed by atoms with van der Waals surface area (Å²) in [7, 11) is 0. The Kier molecular flexibility index (Phi) is 6.11. The van der Waals surface area contributed by atoms with Gasteiger partial charge in [-0.15, -0.1) is 11.3 Å². The fourth-order valence-corrected chi connectivity index (χ4v) is 2.29. The van der Waals surface area contributed by atoms with E-state index in [4.69, 9.17) is 4.74 Å². The van der Waals surface area contributed by atoms with Crippen molar-refractivity contribution >= 4 is 17.3 Å². The summed E-state index contributed by atoms with van der Waals surface area (Å²) in [5.41, 5.74) is 0. The van der Waals surface area contributed by atoms with Crippen molar-refractivity contribution in [1.29, 1.82) is 0 Å². The molecule has 0 aliphatic heterocycles. The molecule has 0 radical (unpaired) electrons. The second-order valence-corrected chi connectivity index (χ2v) is 4.73. The molecule has 0 aliphatic rings. The molecule has 1 N–H and O–H groups in total. The molecule has 0 aliphatic carbocycles. The Morgan fingerprint density at radius 3 is 3.06 bits per heavy atom. The van der Waals surface area contributed by atoms with Gasteiger partial charge in [-0.3, -0.25) is 4.79 Å². The maximum absolute atomic E-state index is 11.1. The molecule has 1 atom stereocenters. The molecule has 1 rings (SSSR count). The van der Waals surface area contributed by atoms with Crippen molar-refractivity contribution in [2.75, 3.05) is 13.2 Å². The zero-order chi connectivity index (χ0) is 11.8. The number of thiophene rings is 1. The van der Waals surface area contributed by atoms with Crippen LogP contribution in [-0.2, 0) is 16.0 Å². The number of hydrogen-bond donors (Lipinski definition) is 1. The van der Waals surface area contributed by atoms with Crippen LogP contribution in [0.3, 0.4) is 0 Å². The fraction of sp³-hybridized carbons (Fsp3) is 0.583. The summed E-state index contributed by atoms with van der Waals surface area (Å²) in [6.07, 6.45) is 1.46. The van der Waals surface area contributed by atoms with Crippen LogP contribution in [0.15, 0.2) is 17.5 Å². The van der Waals surface area contributed by atoms with Crippen molar-refractivity contribution in [1.82, 2.24) is 5.32 Å². The standard InChI is InChI=1S/C12H19NO2S/c1-3-15-12(14)6-7-13-10(2)9-11-5-4-8-16-11/h4-5,8,10,13H,3,6-7,9H2,1-2H3. The molecule has 1 aromatic heterocycles. The highest BCUT2D eigenvalue weighted by atomic mass is 32.1. The van der Waals surface area contributed by atoms with Crippen LogP contribution in [0.5, 0.6) is 0 Å². The molecule has 90 valence electrons. The number of esters is 1. The Hall–Kier alpha value is -0.870. The molecule has 1 heterocycles. The van der Waals surface area contributed by atoms with Crippen LogP contribution in [0.25, 0.3) is 0 Å². The summed E-state index contributed by atoms with van der Waals surface area (Å²) in [5.74, 6) is -0.127. The topological polar surface area (TPSA) is 38.3 Å². The summed E-state index contributed by atoms with van der Waals surface area (Å²) >= 11 is 1.77. The van der Waals surface area contributed by atoms with Gasteiger partial charge in [0.1, 0.15) is 0 Å². The molecule has 0 aromatic carbocycles. The van der Waals surface area contributed by atoms with Crippen LogP contribution >= 0.6 is 11.3 Å². The van der Waals surface area contributed by atoms with E-state index in [1.807, 2.05) is 6.92 Å². The second kappa shape index (κ2) is 7.41. The number of rotatable bonds is 7. The van der Waals surface area contributed by atoms with Gasteiger partial charge in [-0.05, 0) is 31.7 Å². The van der Waals surface area contributed by atoms with Gasteiger partial charge in [0.15, 0.2) is 0 Å². The lowest BCUT2D eigenvalue weighted by molar-refractivity contribution is -0.142. The smallest absolute Gasteiger partial charge is 0.307 e. The van der Waals surface area contributed by atoms with Crippen molar-refractivity contribution in [2.24, 2.45) is 0 Å². The number of ether oxygens (including phenoxy) is 1. The first-order valence-corrected chi connectivity index (χ1v) is 6.51. The lowest BCUT2D eigenvalue weighted by Gasteiger charge is -2.12. The summed E-state index contributed by atoms with van der Waals surface area (Å²) in [6, 6.07) is 4.59. The maximum atomic E-state index is 11.1. The normalized spacial score (nSPS) is 12.4. The van der Waals surface area contributed by atoms with E-state index >= 15 is 0 Å². The van der Waals surface area contributed by atoms with Gasteiger partial charge in [0.05, 0.1) is 13.0 Å². The molecule has 3 nitrogen and oxygen atoms in total. The molecule has 0 bridgehead atoms. The van der Waals surface area contributed by atoms with Gasteiger partial charge in [-0.2, -0.15) is 0 Å². The Morgan fingerprint density at radius 2 is 2.44 bits per heavy atom. The van der Waals surface area contributed by atoms with E-state index in [-0.39, 0.29) is 5.97 Å². The number of carbonyl (C=O) groups is 1. The summed E-state index contributed by atoms with van der Waals surface area (Å²) < 4.78 is 4.85. The molecular formula is C12H19NO2S. The number of nitrogens with one attached hydrogen (secondary N) is 1. The van der Waals surface area contributed by atoms with Gasteiger partial charge in [0.2, 0.25) is 0 Å². The highest BCUT2D eigenvalue weighted by Crippen LogP contribution is 2.10. The number of hydrogen-bond acceptors (Lipinski definition) is 4. The van der Waals surface area contributed by atoms with E-state index in [1.54, 1.807) is 11.3 Å². The van der Waals surface area contributed by atoms with E-state index < -0.39 is 0 Å². The van der Waals surface area contributed by atoms with E-state index in [9.17, 15) is 4.79 Å². The monoisotopic (exact) mass is 241 g/mol. The van der Waals surface area contributed by atoms with E-state index in [2.05, 4.69) is 29.8 Å². The van der Waals surface area contributed by atoms with Crippen LogP contribution in [0.4, 0.5) is 0 Å². The molecule has 0 saturated heterocycles. The maximum Gasteiger partial charge on any atom is 0.307 e. The lowest BCUT2D eigenvalue weighted by Crippen LogP contribution is -2.30. The average Bonchev–Trinajstić information content (AvgIpc) is 2.70. The van der Waals surface area contributed by atoms with Gasteiger partial charge < -0.3 is 10.1 Å². The zero-order valence-electron chi connectivity index (χ0n) is 9.86. The molecule has 4 heteroatoms. The van der Waals surface area contributed by atoms with Gasteiger partial charge in [-0.1, -0.05) is 6.07 Å². The minimum absolute atomic E-state index is 0.127. The van der Waals surface area contributed by atoms with Crippen LogP contribution in [-0.4, -0.2) is 25.2 Å². The highest BCUT2D eigenvalue weighted by molar-refractivity contribution is 7.09. The van der Waals surface area contributed by atoms with E-state index in [1.165, 1.54) is 4.88 Å². The van der Waals surface area contributed by atoms with E-state index in [0.717, 1.165) is 6.42 Å². The highest BCUT2D eigenvalue weighted by Gasteiger charge is 2.05. The van der Waals surface area contributed by atoms with Gasteiger partial charge in [0, 0.05) is 17.5 Å². The molecule has 1 unspecified atom stereocenters. The molecular weight excluding hydrogens is 222 g/mol. The van der Waals surface area contributed by atoms with Crippen molar-refractivity contribution in [3.63, 3.8) is 0 Å². The second-order valence-electron chi connectivity index (χ2n) is 3.69. The first-order chi connectivity index (χ1) is 7.72. The molecule has 16 heavy (non-hydrogen) atoms.